The molecule has 0 saturated carbocycles. The van der Waals surface area contributed by atoms with Gasteiger partial charge in [0.1, 0.15) is 11.6 Å². The molecule has 6 heteroatoms. The first-order valence-corrected chi connectivity index (χ1v) is 8.00. The van der Waals surface area contributed by atoms with E-state index in [0.29, 0.717) is 12.1 Å². The van der Waals surface area contributed by atoms with Crippen LogP contribution in [0.3, 0.4) is 0 Å². The van der Waals surface area contributed by atoms with Crippen LogP contribution in [0.2, 0.25) is 0 Å². The number of carbonyl (C=O) groups is 1. The number of rotatable bonds is 5. The maximum absolute atomic E-state index is 13.2. The molecule has 1 aliphatic rings. The summed E-state index contributed by atoms with van der Waals surface area (Å²) in [7, 11) is 0. The first kappa shape index (κ1) is 16.4. The minimum Gasteiger partial charge on any atom is -0.388 e. The van der Waals surface area contributed by atoms with E-state index >= 15 is 0 Å². The predicted octanol–water partition coefficient (Wildman–Crippen LogP) is 2.04. The molecule has 2 atom stereocenters. The van der Waals surface area contributed by atoms with E-state index in [1.54, 1.807) is 12.3 Å². The molecular weight excluding hydrogens is 309 g/mol. The van der Waals surface area contributed by atoms with Crippen molar-refractivity contribution in [1.82, 2.24) is 10.3 Å². The minimum atomic E-state index is -1.01. The first-order chi connectivity index (χ1) is 11.6. The molecule has 2 aromatic rings. The highest BCUT2D eigenvalue weighted by Gasteiger charge is 2.25. The van der Waals surface area contributed by atoms with Gasteiger partial charge in [-0.1, -0.05) is 18.2 Å². The average molecular weight is 329 g/mol. The molecule has 1 fully saturated rings. The third-order valence-corrected chi connectivity index (χ3v) is 4.14. The molecule has 2 N–H and O–H groups in total. The Balaban J connectivity index is 1.51. The number of aliphatic hydroxyl groups excluding tert-OH is 1. The molecule has 2 unspecified atom stereocenters. The standard InChI is InChI=1S/C18H20FN3O2/c19-14-5-3-4-13(10-14)16(23)11-18(24)21-15-7-9-22(12-15)17-6-1-2-8-20-17/h1-6,8,10,15-16,23H,7,9,11-12H2,(H,21,24). The van der Waals surface area contributed by atoms with Gasteiger partial charge in [-0.25, -0.2) is 9.37 Å². The smallest absolute Gasteiger partial charge is 0.223 e. The first-order valence-electron chi connectivity index (χ1n) is 8.00. The normalized spacial score (nSPS) is 18.4. The van der Waals surface area contributed by atoms with Gasteiger partial charge in [0.25, 0.3) is 0 Å². The van der Waals surface area contributed by atoms with E-state index in [4.69, 9.17) is 0 Å². The van der Waals surface area contributed by atoms with Crippen LogP contribution >= 0.6 is 0 Å². The van der Waals surface area contributed by atoms with Gasteiger partial charge in [-0.05, 0) is 36.2 Å². The number of amides is 1. The number of pyridine rings is 1. The number of benzene rings is 1. The van der Waals surface area contributed by atoms with E-state index in [9.17, 15) is 14.3 Å². The van der Waals surface area contributed by atoms with E-state index in [0.717, 1.165) is 18.8 Å². The summed E-state index contributed by atoms with van der Waals surface area (Å²) in [5.41, 5.74) is 0.409. The van der Waals surface area contributed by atoms with Crippen LogP contribution in [0.15, 0.2) is 48.7 Å². The molecule has 0 spiro atoms. The van der Waals surface area contributed by atoms with Crippen molar-refractivity contribution in [2.75, 3.05) is 18.0 Å². The van der Waals surface area contributed by atoms with Crippen LogP contribution in [0, 0.1) is 5.82 Å². The fraction of sp³-hybridized carbons (Fsp3) is 0.333. The van der Waals surface area contributed by atoms with Crippen LogP contribution in [0.25, 0.3) is 0 Å². The minimum absolute atomic E-state index is 0.0271. The summed E-state index contributed by atoms with van der Waals surface area (Å²) in [6, 6.07) is 11.5. The molecule has 0 radical (unpaired) electrons. The van der Waals surface area contributed by atoms with E-state index in [1.165, 1.54) is 18.2 Å². The van der Waals surface area contributed by atoms with Gasteiger partial charge in [0.15, 0.2) is 0 Å². The number of hydrogen-bond acceptors (Lipinski definition) is 4. The molecule has 5 nitrogen and oxygen atoms in total. The third kappa shape index (κ3) is 4.08. The van der Waals surface area contributed by atoms with Crippen LogP contribution in [-0.4, -0.2) is 35.1 Å². The monoisotopic (exact) mass is 329 g/mol. The molecule has 1 amide bonds. The van der Waals surface area contributed by atoms with Gasteiger partial charge in [-0.15, -0.1) is 0 Å². The zero-order valence-electron chi connectivity index (χ0n) is 13.2. The zero-order chi connectivity index (χ0) is 16.9. The van der Waals surface area contributed by atoms with Gasteiger partial charge in [0, 0.05) is 25.3 Å². The summed E-state index contributed by atoms with van der Waals surface area (Å²) in [6.45, 7) is 1.52. The van der Waals surface area contributed by atoms with Gasteiger partial charge >= 0.3 is 0 Å². The number of aliphatic hydroxyl groups is 1. The van der Waals surface area contributed by atoms with Crippen LogP contribution in [-0.2, 0) is 4.79 Å². The number of nitrogens with one attached hydrogen (secondary N) is 1. The lowest BCUT2D eigenvalue weighted by Gasteiger charge is -2.18. The Morgan fingerprint density at radius 2 is 2.25 bits per heavy atom. The van der Waals surface area contributed by atoms with Crippen LogP contribution < -0.4 is 10.2 Å². The lowest BCUT2D eigenvalue weighted by molar-refractivity contribution is -0.123. The van der Waals surface area contributed by atoms with Crippen LogP contribution in [0.1, 0.15) is 24.5 Å². The Morgan fingerprint density at radius 1 is 1.38 bits per heavy atom. The van der Waals surface area contributed by atoms with Crippen molar-refractivity contribution < 1.29 is 14.3 Å². The number of anilines is 1. The molecule has 0 bridgehead atoms. The highest BCUT2D eigenvalue weighted by molar-refractivity contribution is 5.77. The maximum Gasteiger partial charge on any atom is 0.223 e. The van der Waals surface area contributed by atoms with E-state index in [-0.39, 0.29) is 18.4 Å². The number of aromatic nitrogens is 1. The number of carbonyl (C=O) groups excluding carboxylic acids is 1. The average Bonchev–Trinajstić information content (AvgIpc) is 3.04. The van der Waals surface area contributed by atoms with Gasteiger partial charge in [0.2, 0.25) is 5.91 Å². The van der Waals surface area contributed by atoms with Crippen LogP contribution in [0.5, 0.6) is 0 Å². The van der Waals surface area contributed by atoms with Gasteiger partial charge < -0.3 is 15.3 Å². The number of hydrogen-bond donors (Lipinski definition) is 2. The zero-order valence-corrected chi connectivity index (χ0v) is 13.2. The molecule has 24 heavy (non-hydrogen) atoms. The van der Waals surface area contributed by atoms with Gasteiger partial charge in [-0.3, -0.25) is 4.79 Å². The van der Waals surface area contributed by atoms with Crippen LogP contribution in [0.4, 0.5) is 10.2 Å². The molecular formula is C18H20FN3O2. The molecule has 126 valence electrons. The lowest BCUT2D eigenvalue weighted by Crippen LogP contribution is -2.37. The summed E-state index contributed by atoms with van der Waals surface area (Å²) in [5, 5.41) is 13.0. The SMILES string of the molecule is O=C(CC(O)c1cccc(F)c1)NC1CCN(c2ccccn2)C1. The van der Waals surface area contributed by atoms with Crippen molar-refractivity contribution in [3.8, 4) is 0 Å². The maximum atomic E-state index is 13.2. The summed E-state index contributed by atoms with van der Waals surface area (Å²) < 4.78 is 13.2. The number of halogens is 1. The van der Waals surface area contributed by atoms with E-state index in [2.05, 4.69) is 15.2 Å². The quantitative estimate of drug-likeness (QED) is 0.881. The Labute approximate surface area is 140 Å². The second kappa shape index (κ2) is 7.40. The summed E-state index contributed by atoms with van der Waals surface area (Å²) in [4.78, 5) is 18.5. The van der Waals surface area contributed by atoms with Gasteiger partial charge in [-0.2, -0.15) is 0 Å². The summed E-state index contributed by atoms with van der Waals surface area (Å²) >= 11 is 0. The molecule has 1 saturated heterocycles. The van der Waals surface area contributed by atoms with Crippen molar-refractivity contribution in [1.29, 1.82) is 0 Å². The predicted molar refractivity (Wildman–Crippen MR) is 89.0 cm³/mol. The Morgan fingerprint density at radius 3 is 3.00 bits per heavy atom. The van der Waals surface area contributed by atoms with Crippen molar-refractivity contribution in [3.05, 3.63) is 60.0 Å². The number of nitrogens with zero attached hydrogens (tertiary/aromatic N) is 2. The Hall–Kier alpha value is -2.47. The largest absolute Gasteiger partial charge is 0.388 e. The molecule has 3 rings (SSSR count). The lowest BCUT2D eigenvalue weighted by atomic mass is 10.1. The molecule has 1 aromatic heterocycles. The van der Waals surface area contributed by atoms with Crippen molar-refractivity contribution in [2.24, 2.45) is 0 Å². The molecule has 1 aromatic carbocycles. The summed E-state index contributed by atoms with van der Waals surface area (Å²) in [6.07, 6.45) is 1.49. The molecule has 0 aliphatic carbocycles. The fourth-order valence-electron chi connectivity index (χ4n) is 2.92. The fourth-order valence-corrected chi connectivity index (χ4v) is 2.92. The highest BCUT2D eigenvalue weighted by atomic mass is 19.1. The van der Waals surface area contributed by atoms with Crippen molar-refractivity contribution >= 4 is 11.7 Å². The van der Waals surface area contributed by atoms with E-state index in [1.807, 2.05) is 18.2 Å². The molecule has 1 aliphatic heterocycles. The highest BCUT2D eigenvalue weighted by Crippen LogP contribution is 2.19. The molecule has 2 heterocycles. The second-order valence-electron chi connectivity index (χ2n) is 5.96. The van der Waals surface area contributed by atoms with Gasteiger partial charge in [0.05, 0.1) is 12.5 Å². The third-order valence-electron chi connectivity index (χ3n) is 4.14. The Bertz CT molecular complexity index is 696. The topological polar surface area (TPSA) is 65.5 Å². The summed E-state index contributed by atoms with van der Waals surface area (Å²) in [5.74, 6) is 0.238. The Kier molecular flexibility index (Phi) is 5.05. The van der Waals surface area contributed by atoms with Crippen molar-refractivity contribution in [3.63, 3.8) is 0 Å². The van der Waals surface area contributed by atoms with E-state index < -0.39 is 11.9 Å². The second-order valence-corrected chi connectivity index (χ2v) is 5.96. The van der Waals surface area contributed by atoms with Crippen molar-refractivity contribution in [2.45, 2.75) is 25.0 Å².